The first-order chi connectivity index (χ1) is 9.99. The Kier molecular flexibility index (Phi) is 4.59. The van der Waals surface area contributed by atoms with E-state index in [0.717, 1.165) is 0 Å². The molecule has 108 valence electrons. The molecule has 0 saturated carbocycles. The van der Waals surface area contributed by atoms with Gasteiger partial charge in [-0.3, -0.25) is 4.79 Å². The number of hydrazone groups is 1. The normalized spacial score (nSPS) is 11.2. The van der Waals surface area contributed by atoms with Crippen LogP contribution in [0.1, 0.15) is 22.8 Å². The number of benzene rings is 2. The summed E-state index contributed by atoms with van der Waals surface area (Å²) in [6.07, 6.45) is 0. The third-order valence-corrected chi connectivity index (χ3v) is 3.51. The van der Waals surface area contributed by atoms with Crippen molar-refractivity contribution in [1.82, 2.24) is 5.43 Å². The second kappa shape index (κ2) is 6.41. The average molecular weight is 349 g/mol. The van der Waals surface area contributed by atoms with E-state index in [1.165, 1.54) is 18.2 Å². The van der Waals surface area contributed by atoms with Crippen molar-refractivity contribution in [3.05, 3.63) is 58.1 Å². The van der Waals surface area contributed by atoms with Gasteiger partial charge >= 0.3 is 0 Å². The molecular formula is C15H13BrN2O3. The summed E-state index contributed by atoms with van der Waals surface area (Å²) in [7, 11) is 0. The molecule has 0 heterocycles. The summed E-state index contributed by atoms with van der Waals surface area (Å²) >= 11 is 3.29. The predicted molar refractivity (Wildman–Crippen MR) is 83.6 cm³/mol. The van der Waals surface area contributed by atoms with Crippen molar-refractivity contribution in [3.8, 4) is 11.5 Å². The fourth-order valence-electron chi connectivity index (χ4n) is 1.71. The molecule has 3 N–H and O–H groups in total. The molecule has 0 unspecified atom stereocenters. The van der Waals surface area contributed by atoms with E-state index in [-0.39, 0.29) is 17.4 Å². The van der Waals surface area contributed by atoms with E-state index in [9.17, 15) is 15.0 Å². The molecule has 5 nitrogen and oxygen atoms in total. The molecule has 6 heteroatoms. The van der Waals surface area contributed by atoms with Gasteiger partial charge in [-0.05, 0) is 53.2 Å². The van der Waals surface area contributed by atoms with Gasteiger partial charge in [0.1, 0.15) is 11.5 Å². The Morgan fingerprint density at radius 3 is 2.57 bits per heavy atom. The Morgan fingerprint density at radius 2 is 1.86 bits per heavy atom. The lowest BCUT2D eigenvalue weighted by Crippen LogP contribution is -2.19. The van der Waals surface area contributed by atoms with Crippen molar-refractivity contribution >= 4 is 27.5 Å². The van der Waals surface area contributed by atoms with Crippen LogP contribution in [0.15, 0.2) is 52.0 Å². The number of carbonyl (C=O) groups is 1. The molecule has 0 saturated heterocycles. The summed E-state index contributed by atoms with van der Waals surface area (Å²) in [6.45, 7) is 1.62. The molecule has 0 fully saturated rings. The van der Waals surface area contributed by atoms with Crippen LogP contribution in [0, 0.1) is 0 Å². The molecule has 0 radical (unpaired) electrons. The second-order valence-corrected chi connectivity index (χ2v) is 5.17. The molecule has 0 aliphatic rings. The highest BCUT2D eigenvalue weighted by Gasteiger charge is 2.10. The number of halogens is 1. The standard InChI is InChI=1S/C15H13BrN2O3/c1-9(12-8-10(19)6-7-14(12)20)17-18-15(21)11-4-2-3-5-13(11)16/h2-8,19-20H,1H3,(H,18,21)/b17-9-. The van der Waals surface area contributed by atoms with Gasteiger partial charge in [0.05, 0.1) is 11.3 Å². The van der Waals surface area contributed by atoms with Crippen LogP contribution in [0.2, 0.25) is 0 Å². The quantitative estimate of drug-likeness (QED) is 0.453. The molecule has 1 amide bonds. The molecule has 2 aromatic carbocycles. The van der Waals surface area contributed by atoms with E-state index in [0.29, 0.717) is 21.3 Å². The Hall–Kier alpha value is -2.34. The number of phenols is 2. The highest BCUT2D eigenvalue weighted by Crippen LogP contribution is 2.22. The zero-order chi connectivity index (χ0) is 15.4. The lowest BCUT2D eigenvalue weighted by atomic mass is 10.1. The third-order valence-electron chi connectivity index (χ3n) is 2.81. The van der Waals surface area contributed by atoms with E-state index in [1.807, 2.05) is 0 Å². The maximum absolute atomic E-state index is 12.0. The van der Waals surface area contributed by atoms with Crippen LogP contribution in [-0.4, -0.2) is 21.8 Å². The molecule has 0 atom stereocenters. The Labute approximate surface area is 130 Å². The molecule has 2 aromatic rings. The smallest absolute Gasteiger partial charge is 0.272 e. The van der Waals surface area contributed by atoms with Crippen LogP contribution >= 0.6 is 15.9 Å². The topological polar surface area (TPSA) is 81.9 Å². The van der Waals surface area contributed by atoms with Crippen molar-refractivity contribution in [3.63, 3.8) is 0 Å². The van der Waals surface area contributed by atoms with Crippen molar-refractivity contribution < 1.29 is 15.0 Å². The number of hydrogen-bond donors (Lipinski definition) is 3. The molecule has 21 heavy (non-hydrogen) atoms. The van der Waals surface area contributed by atoms with Crippen LogP contribution in [0.25, 0.3) is 0 Å². The van der Waals surface area contributed by atoms with Crippen molar-refractivity contribution in [2.24, 2.45) is 5.10 Å². The lowest BCUT2D eigenvalue weighted by Gasteiger charge is -2.06. The van der Waals surface area contributed by atoms with Gasteiger partial charge in [-0.25, -0.2) is 5.43 Å². The minimum Gasteiger partial charge on any atom is -0.508 e. The summed E-state index contributed by atoms with van der Waals surface area (Å²) in [5, 5.41) is 23.1. The highest BCUT2D eigenvalue weighted by atomic mass is 79.9. The zero-order valence-corrected chi connectivity index (χ0v) is 12.8. The molecule has 2 rings (SSSR count). The van der Waals surface area contributed by atoms with Crippen LogP contribution in [0.4, 0.5) is 0 Å². The van der Waals surface area contributed by atoms with Crippen molar-refractivity contribution in [2.45, 2.75) is 6.92 Å². The van der Waals surface area contributed by atoms with Crippen molar-refractivity contribution in [1.29, 1.82) is 0 Å². The van der Waals surface area contributed by atoms with Gasteiger partial charge in [0.2, 0.25) is 0 Å². The SMILES string of the molecule is C/C(=N/NC(=O)c1ccccc1Br)c1cc(O)ccc1O. The number of nitrogens with one attached hydrogen (secondary N) is 1. The first-order valence-corrected chi connectivity index (χ1v) is 6.90. The first kappa shape index (κ1) is 15.1. The molecule has 0 spiro atoms. The number of nitrogens with zero attached hydrogens (tertiary/aromatic N) is 1. The fourth-order valence-corrected chi connectivity index (χ4v) is 2.18. The third kappa shape index (κ3) is 3.61. The minimum atomic E-state index is -0.374. The maximum atomic E-state index is 12.0. The molecular weight excluding hydrogens is 336 g/mol. The van der Waals surface area contributed by atoms with Gasteiger partial charge in [0.15, 0.2) is 0 Å². The largest absolute Gasteiger partial charge is 0.508 e. The molecule has 0 aromatic heterocycles. The molecule has 0 aliphatic carbocycles. The van der Waals surface area contributed by atoms with Crippen LogP contribution in [0.5, 0.6) is 11.5 Å². The van der Waals surface area contributed by atoms with Gasteiger partial charge < -0.3 is 10.2 Å². The summed E-state index contributed by atoms with van der Waals surface area (Å²) in [5.41, 5.74) is 3.59. The number of hydrogen-bond acceptors (Lipinski definition) is 4. The van der Waals surface area contributed by atoms with E-state index in [4.69, 9.17) is 0 Å². The number of amides is 1. The lowest BCUT2D eigenvalue weighted by molar-refractivity contribution is 0.0954. The number of carbonyl (C=O) groups excluding carboxylic acids is 1. The first-order valence-electron chi connectivity index (χ1n) is 6.10. The van der Waals surface area contributed by atoms with Gasteiger partial charge in [-0.1, -0.05) is 12.1 Å². The molecule has 0 aliphatic heterocycles. The number of phenolic OH excluding ortho intramolecular Hbond substituents is 2. The van der Waals surface area contributed by atoms with Gasteiger partial charge in [0.25, 0.3) is 5.91 Å². The van der Waals surface area contributed by atoms with Gasteiger partial charge in [0, 0.05) is 10.0 Å². The average Bonchev–Trinajstić information content (AvgIpc) is 2.47. The monoisotopic (exact) mass is 348 g/mol. The maximum Gasteiger partial charge on any atom is 0.272 e. The Bertz CT molecular complexity index is 714. The van der Waals surface area contributed by atoms with E-state index >= 15 is 0 Å². The fraction of sp³-hybridized carbons (Fsp3) is 0.0667. The number of aromatic hydroxyl groups is 2. The summed E-state index contributed by atoms with van der Waals surface area (Å²) in [6, 6.07) is 11.1. The van der Waals surface area contributed by atoms with E-state index in [2.05, 4.69) is 26.5 Å². The van der Waals surface area contributed by atoms with E-state index in [1.54, 1.807) is 31.2 Å². The van der Waals surface area contributed by atoms with Crippen LogP contribution in [-0.2, 0) is 0 Å². The summed E-state index contributed by atoms with van der Waals surface area (Å²) in [5.74, 6) is -0.389. The second-order valence-electron chi connectivity index (χ2n) is 4.32. The van der Waals surface area contributed by atoms with E-state index < -0.39 is 0 Å². The van der Waals surface area contributed by atoms with Crippen LogP contribution < -0.4 is 5.43 Å². The summed E-state index contributed by atoms with van der Waals surface area (Å²) in [4.78, 5) is 12.0. The Balaban J connectivity index is 2.19. The summed E-state index contributed by atoms with van der Waals surface area (Å²) < 4.78 is 0.663. The van der Waals surface area contributed by atoms with Gasteiger partial charge in [-0.2, -0.15) is 5.10 Å². The molecule has 0 bridgehead atoms. The zero-order valence-electron chi connectivity index (χ0n) is 11.2. The van der Waals surface area contributed by atoms with Crippen molar-refractivity contribution in [2.75, 3.05) is 0 Å². The predicted octanol–water partition coefficient (Wildman–Crippen LogP) is 3.01. The van der Waals surface area contributed by atoms with Crippen LogP contribution in [0.3, 0.4) is 0 Å². The van der Waals surface area contributed by atoms with Gasteiger partial charge in [-0.15, -0.1) is 0 Å². The Morgan fingerprint density at radius 1 is 1.14 bits per heavy atom. The number of rotatable bonds is 3. The highest BCUT2D eigenvalue weighted by molar-refractivity contribution is 9.10. The minimum absolute atomic E-state index is 0.00878.